The predicted molar refractivity (Wildman–Crippen MR) is 80.8 cm³/mol. The Morgan fingerprint density at radius 1 is 1.24 bits per heavy atom. The number of hydrogen-bond donors (Lipinski definition) is 1. The molecule has 0 amide bonds. The molecular formula is C15H31NS. The van der Waals surface area contributed by atoms with Gasteiger partial charge in [-0.3, -0.25) is 0 Å². The molecule has 0 saturated heterocycles. The molecule has 1 aliphatic rings. The highest BCUT2D eigenvalue weighted by Crippen LogP contribution is 2.43. The van der Waals surface area contributed by atoms with Crippen LogP contribution >= 0.6 is 11.8 Å². The molecule has 1 fully saturated rings. The Morgan fingerprint density at radius 2 is 1.94 bits per heavy atom. The Morgan fingerprint density at radius 3 is 2.47 bits per heavy atom. The fourth-order valence-corrected chi connectivity index (χ4v) is 4.32. The third-order valence-corrected chi connectivity index (χ3v) is 6.31. The third kappa shape index (κ3) is 4.17. The average Bonchev–Trinajstić information content (AvgIpc) is 2.35. The van der Waals surface area contributed by atoms with E-state index >= 15 is 0 Å². The second-order valence-corrected chi connectivity index (χ2v) is 7.50. The fraction of sp³-hybridized carbons (Fsp3) is 1.00. The second kappa shape index (κ2) is 7.04. The highest BCUT2D eigenvalue weighted by Gasteiger charge is 2.36. The predicted octanol–water partition coefficient (Wildman–Crippen LogP) is 4.32. The summed E-state index contributed by atoms with van der Waals surface area (Å²) >= 11 is 2.20. The maximum atomic E-state index is 3.53. The van der Waals surface area contributed by atoms with Crippen molar-refractivity contribution < 1.29 is 0 Å². The standard InChI is InChI=1S/C15H31NS/c1-6-10-17-14-11-12(15(3,4)7-2)8-9-13(14)16-5/h12-14,16H,6-11H2,1-5H3. The first-order valence-electron chi connectivity index (χ1n) is 7.34. The first-order chi connectivity index (χ1) is 8.05. The molecule has 1 aliphatic carbocycles. The zero-order valence-corrected chi connectivity index (χ0v) is 13.2. The molecule has 0 aromatic carbocycles. The van der Waals surface area contributed by atoms with Crippen molar-refractivity contribution in [2.24, 2.45) is 11.3 Å². The van der Waals surface area contributed by atoms with Gasteiger partial charge in [0.15, 0.2) is 0 Å². The largest absolute Gasteiger partial charge is 0.316 e. The normalized spacial score (nSPS) is 30.5. The van der Waals surface area contributed by atoms with E-state index in [0.29, 0.717) is 5.41 Å². The van der Waals surface area contributed by atoms with Crippen LogP contribution in [0.5, 0.6) is 0 Å². The molecule has 0 aromatic heterocycles. The molecule has 1 rings (SSSR count). The number of rotatable bonds is 6. The Balaban J connectivity index is 2.58. The van der Waals surface area contributed by atoms with Crippen molar-refractivity contribution in [3.05, 3.63) is 0 Å². The lowest BCUT2D eigenvalue weighted by Crippen LogP contribution is -2.43. The zero-order valence-electron chi connectivity index (χ0n) is 12.4. The van der Waals surface area contributed by atoms with E-state index in [2.05, 4.69) is 51.8 Å². The summed E-state index contributed by atoms with van der Waals surface area (Å²) < 4.78 is 0. The highest BCUT2D eigenvalue weighted by molar-refractivity contribution is 7.99. The minimum absolute atomic E-state index is 0.531. The van der Waals surface area contributed by atoms with Crippen LogP contribution in [-0.2, 0) is 0 Å². The van der Waals surface area contributed by atoms with Crippen LogP contribution in [0.1, 0.15) is 59.8 Å². The van der Waals surface area contributed by atoms with Crippen LogP contribution in [0.15, 0.2) is 0 Å². The Labute approximate surface area is 113 Å². The number of thioether (sulfide) groups is 1. The van der Waals surface area contributed by atoms with E-state index in [-0.39, 0.29) is 0 Å². The first-order valence-corrected chi connectivity index (χ1v) is 8.38. The van der Waals surface area contributed by atoms with Crippen LogP contribution < -0.4 is 5.32 Å². The molecular weight excluding hydrogens is 226 g/mol. The monoisotopic (exact) mass is 257 g/mol. The molecule has 0 bridgehead atoms. The molecule has 2 heteroatoms. The lowest BCUT2D eigenvalue weighted by Gasteiger charge is -2.43. The van der Waals surface area contributed by atoms with Gasteiger partial charge in [-0.05, 0) is 49.8 Å². The van der Waals surface area contributed by atoms with Crippen molar-refractivity contribution in [3.63, 3.8) is 0 Å². The summed E-state index contributed by atoms with van der Waals surface area (Å²) in [5.74, 6) is 2.24. The van der Waals surface area contributed by atoms with E-state index in [0.717, 1.165) is 17.2 Å². The molecule has 3 unspecified atom stereocenters. The first kappa shape index (κ1) is 15.4. The lowest BCUT2D eigenvalue weighted by molar-refractivity contribution is 0.143. The van der Waals surface area contributed by atoms with Crippen LogP contribution in [0, 0.1) is 11.3 Å². The molecule has 0 radical (unpaired) electrons. The fourth-order valence-electron chi connectivity index (χ4n) is 2.91. The van der Waals surface area contributed by atoms with Gasteiger partial charge in [0.25, 0.3) is 0 Å². The van der Waals surface area contributed by atoms with E-state index in [1.807, 2.05) is 0 Å². The molecule has 0 aromatic rings. The van der Waals surface area contributed by atoms with Crippen molar-refractivity contribution in [2.75, 3.05) is 12.8 Å². The smallest absolute Gasteiger partial charge is 0.0203 e. The summed E-state index contributed by atoms with van der Waals surface area (Å²) in [6.45, 7) is 9.55. The maximum Gasteiger partial charge on any atom is 0.0203 e. The van der Waals surface area contributed by atoms with Crippen LogP contribution in [-0.4, -0.2) is 24.1 Å². The van der Waals surface area contributed by atoms with E-state index < -0.39 is 0 Å². The summed E-state index contributed by atoms with van der Waals surface area (Å²) in [4.78, 5) is 0. The third-order valence-electron chi connectivity index (χ3n) is 4.71. The maximum absolute atomic E-state index is 3.53. The van der Waals surface area contributed by atoms with Crippen molar-refractivity contribution >= 4 is 11.8 Å². The van der Waals surface area contributed by atoms with Gasteiger partial charge in [-0.2, -0.15) is 11.8 Å². The molecule has 0 spiro atoms. The Bertz CT molecular complexity index is 215. The topological polar surface area (TPSA) is 12.0 Å². The molecule has 17 heavy (non-hydrogen) atoms. The van der Waals surface area contributed by atoms with Crippen LogP contribution in [0.4, 0.5) is 0 Å². The van der Waals surface area contributed by atoms with Crippen molar-refractivity contribution in [3.8, 4) is 0 Å². The van der Waals surface area contributed by atoms with Gasteiger partial charge >= 0.3 is 0 Å². The van der Waals surface area contributed by atoms with Crippen LogP contribution in [0.3, 0.4) is 0 Å². The summed E-state index contributed by atoms with van der Waals surface area (Å²) in [6, 6.07) is 0.746. The summed E-state index contributed by atoms with van der Waals surface area (Å²) in [5, 5.41) is 4.37. The molecule has 1 saturated carbocycles. The number of hydrogen-bond acceptors (Lipinski definition) is 2. The zero-order chi connectivity index (χ0) is 12.9. The molecule has 102 valence electrons. The van der Waals surface area contributed by atoms with Crippen molar-refractivity contribution in [2.45, 2.75) is 71.1 Å². The van der Waals surface area contributed by atoms with E-state index in [1.165, 1.54) is 37.9 Å². The summed E-state index contributed by atoms with van der Waals surface area (Å²) in [5.41, 5.74) is 0.531. The van der Waals surface area contributed by atoms with Crippen molar-refractivity contribution in [1.29, 1.82) is 0 Å². The van der Waals surface area contributed by atoms with Gasteiger partial charge in [0.1, 0.15) is 0 Å². The second-order valence-electron chi connectivity index (χ2n) is 6.16. The number of nitrogens with one attached hydrogen (secondary N) is 1. The van der Waals surface area contributed by atoms with E-state index in [9.17, 15) is 0 Å². The summed E-state index contributed by atoms with van der Waals surface area (Å²) in [7, 11) is 2.13. The van der Waals surface area contributed by atoms with E-state index in [4.69, 9.17) is 0 Å². The van der Waals surface area contributed by atoms with Gasteiger partial charge in [-0.15, -0.1) is 0 Å². The van der Waals surface area contributed by atoms with Gasteiger partial charge < -0.3 is 5.32 Å². The van der Waals surface area contributed by atoms with Crippen LogP contribution in [0.25, 0.3) is 0 Å². The van der Waals surface area contributed by atoms with Gasteiger partial charge in [-0.25, -0.2) is 0 Å². The minimum Gasteiger partial charge on any atom is -0.316 e. The van der Waals surface area contributed by atoms with Gasteiger partial charge in [0.2, 0.25) is 0 Å². The summed E-state index contributed by atoms with van der Waals surface area (Å²) in [6.07, 6.45) is 6.81. The lowest BCUT2D eigenvalue weighted by atomic mass is 9.68. The van der Waals surface area contributed by atoms with Crippen LogP contribution in [0.2, 0.25) is 0 Å². The molecule has 1 nitrogen and oxygen atoms in total. The SMILES string of the molecule is CCCSC1CC(C(C)(C)CC)CCC1NC. The quantitative estimate of drug-likeness (QED) is 0.760. The Hall–Kier alpha value is 0.310. The van der Waals surface area contributed by atoms with E-state index in [1.54, 1.807) is 0 Å². The molecule has 1 N–H and O–H groups in total. The molecule has 0 aliphatic heterocycles. The minimum atomic E-state index is 0.531. The van der Waals surface area contributed by atoms with Gasteiger partial charge in [0, 0.05) is 11.3 Å². The highest BCUT2D eigenvalue weighted by atomic mass is 32.2. The molecule has 0 heterocycles. The van der Waals surface area contributed by atoms with Gasteiger partial charge in [0.05, 0.1) is 0 Å². The Kier molecular flexibility index (Phi) is 6.36. The van der Waals surface area contributed by atoms with Crippen molar-refractivity contribution in [1.82, 2.24) is 5.32 Å². The molecule has 3 atom stereocenters. The average molecular weight is 257 g/mol. The van der Waals surface area contributed by atoms with Gasteiger partial charge in [-0.1, -0.05) is 34.1 Å².